The molecule has 4 rings (SSSR count). The number of benzene rings is 2. The highest BCUT2D eigenvalue weighted by Gasteiger charge is 2.31. The van der Waals surface area contributed by atoms with Crippen molar-refractivity contribution in [1.82, 2.24) is 0 Å². The van der Waals surface area contributed by atoms with Crippen molar-refractivity contribution in [2.24, 2.45) is 0 Å². The third kappa shape index (κ3) is 1.74. The third-order valence-corrected chi connectivity index (χ3v) is 3.97. The highest BCUT2D eigenvalue weighted by atomic mass is 19.1. The summed E-state index contributed by atoms with van der Waals surface area (Å²) in [5.41, 5.74) is 3.23. The lowest BCUT2D eigenvalue weighted by Gasteiger charge is -2.19. The van der Waals surface area contributed by atoms with E-state index in [2.05, 4.69) is 5.32 Å². The Balaban J connectivity index is 1.74. The molecule has 1 N–H and O–H groups in total. The van der Waals surface area contributed by atoms with E-state index in [9.17, 15) is 14.0 Å². The van der Waals surface area contributed by atoms with E-state index < -0.39 is 17.5 Å². The Hall–Kier alpha value is -2.69. The normalized spacial score (nSPS) is 16.0. The summed E-state index contributed by atoms with van der Waals surface area (Å²) in [6, 6.07) is 10.6. The summed E-state index contributed by atoms with van der Waals surface area (Å²) < 4.78 is 14.3. The molecule has 2 aliphatic rings. The van der Waals surface area contributed by atoms with Gasteiger partial charge < -0.3 is 10.2 Å². The maximum absolute atomic E-state index is 14.3. The van der Waals surface area contributed by atoms with E-state index in [4.69, 9.17) is 0 Å². The fourth-order valence-corrected chi connectivity index (χ4v) is 2.90. The molecule has 104 valence electrons. The molecule has 0 aliphatic carbocycles. The number of nitrogens with zero attached hydrogens (tertiary/aromatic N) is 1. The van der Waals surface area contributed by atoms with Gasteiger partial charge in [-0.2, -0.15) is 0 Å². The van der Waals surface area contributed by atoms with Crippen molar-refractivity contribution in [3.8, 4) is 0 Å². The van der Waals surface area contributed by atoms with Crippen LogP contribution in [0.1, 0.15) is 21.5 Å². The molecule has 0 saturated heterocycles. The minimum Gasteiger partial charge on any atom is -0.360 e. The number of nitrogens with one attached hydrogen (secondary N) is 1. The van der Waals surface area contributed by atoms with Gasteiger partial charge in [0.15, 0.2) is 0 Å². The van der Waals surface area contributed by atoms with Gasteiger partial charge in [0.1, 0.15) is 5.82 Å². The SMILES string of the molecule is O=C1Nc2cc(N3Cc4ccccc4C3)c(F)cc2C1=O. The molecule has 21 heavy (non-hydrogen) atoms. The first-order valence-corrected chi connectivity index (χ1v) is 6.64. The molecule has 4 nitrogen and oxygen atoms in total. The Morgan fingerprint density at radius 1 is 1.05 bits per heavy atom. The van der Waals surface area contributed by atoms with Gasteiger partial charge in [0.25, 0.3) is 11.7 Å². The van der Waals surface area contributed by atoms with Gasteiger partial charge >= 0.3 is 0 Å². The number of fused-ring (bicyclic) bond motifs is 2. The first-order valence-electron chi connectivity index (χ1n) is 6.64. The summed E-state index contributed by atoms with van der Waals surface area (Å²) in [6.45, 7) is 1.24. The third-order valence-electron chi connectivity index (χ3n) is 3.97. The fourth-order valence-electron chi connectivity index (χ4n) is 2.90. The maximum Gasteiger partial charge on any atom is 0.296 e. The lowest BCUT2D eigenvalue weighted by atomic mass is 10.1. The van der Waals surface area contributed by atoms with Gasteiger partial charge in [0, 0.05) is 13.1 Å². The standard InChI is InChI=1S/C16H11FN2O2/c17-12-5-11-13(18-16(21)15(11)20)6-14(12)19-7-9-3-1-2-4-10(9)8-19/h1-6H,7-8H2,(H,18,20,21). The molecule has 0 aromatic heterocycles. The number of carbonyl (C=O) groups excluding carboxylic acids is 2. The Morgan fingerprint density at radius 3 is 2.38 bits per heavy atom. The van der Waals surface area contributed by atoms with Crippen molar-refractivity contribution < 1.29 is 14.0 Å². The predicted molar refractivity (Wildman–Crippen MR) is 75.7 cm³/mol. The Kier molecular flexibility index (Phi) is 2.39. The van der Waals surface area contributed by atoms with Crippen LogP contribution < -0.4 is 10.2 Å². The Morgan fingerprint density at radius 2 is 1.71 bits per heavy atom. The number of hydrogen-bond donors (Lipinski definition) is 1. The number of anilines is 2. The first kappa shape index (κ1) is 12.1. The summed E-state index contributed by atoms with van der Waals surface area (Å²) >= 11 is 0. The second-order valence-corrected chi connectivity index (χ2v) is 5.26. The number of rotatable bonds is 1. The highest BCUT2D eigenvalue weighted by molar-refractivity contribution is 6.51. The van der Waals surface area contributed by atoms with Gasteiger partial charge in [-0.25, -0.2) is 4.39 Å². The molecule has 0 spiro atoms. The lowest BCUT2D eigenvalue weighted by molar-refractivity contribution is -0.112. The molecular weight excluding hydrogens is 271 g/mol. The molecule has 1 amide bonds. The van der Waals surface area contributed by atoms with Crippen LogP contribution in [0.4, 0.5) is 15.8 Å². The zero-order valence-electron chi connectivity index (χ0n) is 11.0. The van der Waals surface area contributed by atoms with E-state index in [-0.39, 0.29) is 5.56 Å². The molecule has 5 heteroatoms. The second-order valence-electron chi connectivity index (χ2n) is 5.26. The van der Waals surface area contributed by atoms with Crippen LogP contribution in [0.3, 0.4) is 0 Å². The minimum absolute atomic E-state index is 0.109. The molecule has 2 aliphatic heterocycles. The summed E-state index contributed by atoms with van der Waals surface area (Å²) in [4.78, 5) is 24.8. The van der Waals surface area contributed by atoms with Gasteiger partial charge in [0.2, 0.25) is 0 Å². The Labute approximate surface area is 120 Å². The number of hydrogen-bond acceptors (Lipinski definition) is 3. The van der Waals surface area contributed by atoms with Gasteiger partial charge in [-0.1, -0.05) is 24.3 Å². The first-order chi connectivity index (χ1) is 10.1. The molecule has 0 atom stereocenters. The molecular formula is C16H11FN2O2. The number of Topliss-reactive ketones (excluding diaryl/α,β-unsaturated/α-hetero) is 1. The smallest absolute Gasteiger partial charge is 0.296 e. The molecule has 0 unspecified atom stereocenters. The molecule has 0 radical (unpaired) electrons. The van der Waals surface area contributed by atoms with Crippen molar-refractivity contribution in [2.75, 3.05) is 10.2 Å². The average molecular weight is 282 g/mol. The minimum atomic E-state index is -0.703. The van der Waals surface area contributed by atoms with Crippen LogP contribution in [-0.4, -0.2) is 11.7 Å². The van der Waals surface area contributed by atoms with Crippen molar-refractivity contribution in [3.05, 3.63) is 58.9 Å². The quantitative estimate of drug-likeness (QED) is 0.817. The van der Waals surface area contributed by atoms with E-state index in [1.54, 1.807) is 6.07 Å². The van der Waals surface area contributed by atoms with Crippen molar-refractivity contribution in [3.63, 3.8) is 0 Å². The molecule has 0 fully saturated rings. The topological polar surface area (TPSA) is 49.4 Å². The van der Waals surface area contributed by atoms with E-state index in [1.807, 2.05) is 29.2 Å². The fraction of sp³-hybridized carbons (Fsp3) is 0.125. The van der Waals surface area contributed by atoms with Crippen LogP contribution in [0.5, 0.6) is 0 Å². The van der Waals surface area contributed by atoms with Crippen molar-refractivity contribution >= 4 is 23.1 Å². The number of ketones is 1. The zero-order chi connectivity index (χ0) is 14.6. The number of amides is 1. The summed E-state index contributed by atoms with van der Waals surface area (Å²) in [5.74, 6) is -1.86. The maximum atomic E-state index is 14.3. The molecule has 2 heterocycles. The number of carbonyl (C=O) groups is 2. The summed E-state index contributed by atoms with van der Waals surface area (Å²) in [7, 11) is 0. The Bertz CT molecular complexity index is 776. The van der Waals surface area contributed by atoms with Crippen LogP contribution in [0.25, 0.3) is 0 Å². The summed E-state index contributed by atoms with van der Waals surface area (Å²) in [5, 5.41) is 2.48. The van der Waals surface area contributed by atoms with Gasteiger partial charge in [-0.15, -0.1) is 0 Å². The van der Waals surface area contributed by atoms with Crippen LogP contribution >= 0.6 is 0 Å². The van der Waals surface area contributed by atoms with E-state index in [0.717, 1.165) is 17.2 Å². The van der Waals surface area contributed by atoms with E-state index >= 15 is 0 Å². The second kappa shape index (κ2) is 4.15. The molecule has 0 saturated carbocycles. The molecule has 0 bridgehead atoms. The van der Waals surface area contributed by atoms with Crippen LogP contribution in [-0.2, 0) is 17.9 Å². The van der Waals surface area contributed by atoms with Gasteiger partial charge in [-0.05, 0) is 23.3 Å². The highest BCUT2D eigenvalue weighted by Crippen LogP contribution is 2.35. The molecule has 2 aromatic rings. The van der Waals surface area contributed by atoms with Crippen LogP contribution in [0, 0.1) is 5.82 Å². The van der Waals surface area contributed by atoms with Gasteiger partial charge in [0.05, 0.1) is 16.9 Å². The lowest BCUT2D eigenvalue weighted by Crippen LogP contribution is -2.16. The largest absolute Gasteiger partial charge is 0.360 e. The molecule has 2 aromatic carbocycles. The van der Waals surface area contributed by atoms with Crippen molar-refractivity contribution in [2.45, 2.75) is 13.1 Å². The van der Waals surface area contributed by atoms with Crippen LogP contribution in [0.2, 0.25) is 0 Å². The average Bonchev–Trinajstić information content (AvgIpc) is 3.01. The monoisotopic (exact) mass is 282 g/mol. The number of halogens is 1. The van der Waals surface area contributed by atoms with Gasteiger partial charge in [-0.3, -0.25) is 9.59 Å². The summed E-state index contributed by atoms with van der Waals surface area (Å²) in [6.07, 6.45) is 0. The van der Waals surface area contributed by atoms with E-state index in [1.165, 1.54) is 0 Å². The zero-order valence-corrected chi connectivity index (χ0v) is 11.0. The van der Waals surface area contributed by atoms with Crippen molar-refractivity contribution in [1.29, 1.82) is 0 Å². The predicted octanol–water partition coefficient (Wildman–Crippen LogP) is 2.48. The van der Waals surface area contributed by atoms with Crippen LogP contribution in [0.15, 0.2) is 36.4 Å². The van der Waals surface area contributed by atoms with E-state index in [0.29, 0.717) is 24.5 Å².